The van der Waals surface area contributed by atoms with E-state index in [0.29, 0.717) is 24.1 Å². The van der Waals surface area contributed by atoms with Gasteiger partial charge in [0.25, 0.3) is 10.0 Å². The third-order valence-corrected chi connectivity index (χ3v) is 5.82. The normalized spacial score (nSPS) is 11.2. The molecule has 0 atom stereocenters. The highest BCUT2D eigenvalue weighted by Gasteiger charge is 2.14. The van der Waals surface area contributed by atoms with Crippen LogP contribution in [0.2, 0.25) is 0 Å². The highest BCUT2D eigenvalue weighted by Crippen LogP contribution is 2.19. The number of nitrogens with one attached hydrogen (secondary N) is 1. The summed E-state index contributed by atoms with van der Waals surface area (Å²) < 4.78 is 27.5. The summed E-state index contributed by atoms with van der Waals surface area (Å²) in [5.74, 6) is -0.934. The van der Waals surface area contributed by atoms with E-state index in [-0.39, 0.29) is 4.90 Å². The van der Waals surface area contributed by atoms with E-state index < -0.39 is 16.0 Å². The van der Waals surface area contributed by atoms with E-state index in [2.05, 4.69) is 4.72 Å². The zero-order valence-electron chi connectivity index (χ0n) is 15.4. The molecule has 3 rings (SSSR count). The fourth-order valence-electron chi connectivity index (χ4n) is 2.96. The predicted octanol–water partition coefficient (Wildman–Crippen LogP) is 4.28. The molecule has 0 fully saturated rings. The first-order valence-corrected chi connectivity index (χ1v) is 10.3. The molecule has 0 amide bonds. The molecule has 28 heavy (non-hydrogen) atoms. The zero-order valence-corrected chi connectivity index (χ0v) is 16.2. The fourth-order valence-corrected chi connectivity index (χ4v) is 4.12. The Balaban J connectivity index is 1.68. The lowest BCUT2D eigenvalue weighted by Crippen LogP contribution is -2.13. The number of rotatable bonds is 7. The monoisotopic (exact) mass is 395 g/mol. The quantitative estimate of drug-likeness (QED) is 0.625. The lowest BCUT2D eigenvalue weighted by atomic mass is 10.00. The second-order valence-corrected chi connectivity index (χ2v) is 8.26. The van der Waals surface area contributed by atoms with Crippen molar-refractivity contribution in [2.75, 3.05) is 4.72 Å². The van der Waals surface area contributed by atoms with Gasteiger partial charge >= 0.3 is 5.97 Å². The van der Waals surface area contributed by atoms with Crippen molar-refractivity contribution in [3.05, 3.63) is 95.1 Å². The van der Waals surface area contributed by atoms with Crippen molar-refractivity contribution in [3.63, 3.8) is 0 Å². The molecule has 0 saturated carbocycles. The summed E-state index contributed by atoms with van der Waals surface area (Å²) in [7, 11) is -3.63. The number of hydrogen-bond donors (Lipinski definition) is 2. The Morgan fingerprint density at radius 3 is 2.32 bits per heavy atom. The van der Waals surface area contributed by atoms with Crippen LogP contribution in [0, 0.1) is 6.92 Å². The van der Waals surface area contributed by atoms with Crippen LogP contribution in [-0.4, -0.2) is 19.5 Å². The van der Waals surface area contributed by atoms with Crippen LogP contribution in [0.4, 0.5) is 5.69 Å². The Labute approximate surface area is 164 Å². The lowest BCUT2D eigenvalue weighted by molar-refractivity contribution is 0.0695. The van der Waals surface area contributed by atoms with Gasteiger partial charge in [-0.3, -0.25) is 4.72 Å². The van der Waals surface area contributed by atoms with Crippen LogP contribution in [0.5, 0.6) is 0 Å². The maximum atomic E-state index is 12.5. The molecular formula is C22H21NO4S. The third-order valence-electron chi connectivity index (χ3n) is 4.44. The number of aryl methyl sites for hydroxylation is 3. The number of carboxylic acid groups (broad SMARTS) is 1. The van der Waals surface area contributed by atoms with Gasteiger partial charge in [-0.25, -0.2) is 13.2 Å². The number of aromatic carboxylic acids is 1. The Hall–Kier alpha value is -3.12. The van der Waals surface area contributed by atoms with Crippen molar-refractivity contribution >= 4 is 21.7 Å². The van der Waals surface area contributed by atoms with Crippen molar-refractivity contribution in [1.29, 1.82) is 0 Å². The van der Waals surface area contributed by atoms with Gasteiger partial charge in [0.05, 0.1) is 10.5 Å². The first-order valence-electron chi connectivity index (χ1n) is 8.85. The minimum Gasteiger partial charge on any atom is -0.478 e. The average molecular weight is 395 g/mol. The second-order valence-electron chi connectivity index (χ2n) is 6.58. The molecule has 0 spiro atoms. The molecule has 0 heterocycles. The molecule has 0 bridgehead atoms. The molecule has 0 unspecified atom stereocenters. The molecule has 0 radical (unpaired) electrons. The van der Waals surface area contributed by atoms with Gasteiger partial charge in [-0.1, -0.05) is 42.5 Å². The topological polar surface area (TPSA) is 83.5 Å². The molecule has 0 aromatic heterocycles. The van der Waals surface area contributed by atoms with E-state index in [1.807, 2.05) is 37.3 Å². The van der Waals surface area contributed by atoms with Crippen molar-refractivity contribution in [3.8, 4) is 0 Å². The Morgan fingerprint density at radius 2 is 1.64 bits per heavy atom. The van der Waals surface area contributed by atoms with Crippen molar-refractivity contribution in [2.24, 2.45) is 0 Å². The highest BCUT2D eigenvalue weighted by atomic mass is 32.2. The van der Waals surface area contributed by atoms with Crippen LogP contribution in [0.3, 0.4) is 0 Å². The number of hydrogen-bond acceptors (Lipinski definition) is 3. The van der Waals surface area contributed by atoms with Crippen LogP contribution in [0.25, 0.3) is 0 Å². The lowest BCUT2D eigenvalue weighted by Gasteiger charge is -2.10. The van der Waals surface area contributed by atoms with E-state index in [4.69, 9.17) is 0 Å². The van der Waals surface area contributed by atoms with Gasteiger partial charge in [0.1, 0.15) is 0 Å². The summed E-state index contributed by atoms with van der Waals surface area (Å²) in [4.78, 5) is 11.5. The van der Waals surface area contributed by atoms with E-state index >= 15 is 0 Å². The van der Waals surface area contributed by atoms with Crippen LogP contribution in [-0.2, 0) is 22.9 Å². The van der Waals surface area contributed by atoms with E-state index in [0.717, 1.165) is 16.7 Å². The summed E-state index contributed by atoms with van der Waals surface area (Å²) >= 11 is 0. The molecule has 5 nitrogen and oxygen atoms in total. The molecular weight excluding hydrogens is 374 g/mol. The molecule has 0 aliphatic carbocycles. The first kappa shape index (κ1) is 19.6. The van der Waals surface area contributed by atoms with Crippen LogP contribution < -0.4 is 4.72 Å². The molecule has 3 aromatic carbocycles. The molecule has 6 heteroatoms. The first-order chi connectivity index (χ1) is 13.3. The second kappa shape index (κ2) is 8.27. The summed E-state index contributed by atoms with van der Waals surface area (Å²) in [5.41, 5.74) is 3.44. The number of sulfonamides is 1. The molecule has 2 N–H and O–H groups in total. The number of benzene rings is 3. The summed E-state index contributed by atoms with van der Waals surface area (Å²) in [6, 6.07) is 20.8. The maximum Gasteiger partial charge on any atom is 0.335 e. The van der Waals surface area contributed by atoms with Crippen LogP contribution >= 0.6 is 0 Å². The molecule has 144 valence electrons. The fraction of sp³-hybridized carbons (Fsp3) is 0.136. The van der Waals surface area contributed by atoms with E-state index in [1.165, 1.54) is 0 Å². The van der Waals surface area contributed by atoms with Gasteiger partial charge in [0, 0.05) is 5.69 Å². The van der Waals surface area contributed by atoms with Crippen LogP contribution in [0.1, 0.15) is 27.0 Å². The maximum absolute atomic E-state index is 12.5. The van der Waals surface area contributed by atoms with Crippen molar-refractivity contribution < 1.29 is 18.3 Å². The average Bonchev–Trinajstić information content (AvgIpc) is 2.67. The highest BCUT2D eigenvalue weighted by molar-refractivity contribution is 7.92. The SMILES string of the molecule is Cc1cccc(S(=O)(=O)Nc2ccc(CCc3ccccc3C(=O)O)cc2)c1. The largest absolute Gasteiger partial charge is 0.478 e. The minimum absolute atomic E-state index is 0.224. The van der Waals surface area contributed by atoms with Crippen molar-refractivity contribution in [1.82, 2.24) is 0 Å². The predicted molar refractivity (Wildman–Crippen MR) is 109 cm³/mol. The van der Waals surface area contributed by atoms with Gasteiger partial charge < -0.3 is 5.11 Å². The van der Waals surface area contributed by atoms with Gasteiger partial charge in [-0.2, -0.15) is 0 Å². The number of carboxylic acids is 1. The Morgan fingerprint density at radius 1 is 0.929 bits per heavy atom. The van der Waals surface area contributed by atoms with E-state index in [9.17, 15) is 18.3 Å². The Kier molecular flexibility index (Phi) is 5.80. The van der Waals surface area contributed by atoms with Crippen molar-refractivity contribution in [2.45, 2.75) is 24.7 Å². The standard InChI is InChI=1S/C22H21NO4S/c1-16-5-4-7-20(15-16)28(26,27)23-19-13-10-17(11-14-19)9-12-18-6-2-3-8-21(18)22(24)25/h2-8,10-11,13-15,23H,9,12H2,1H3,(H,24,25). The summed E-state index contributed by atoms with van der Waals surface area (Å²) in [6.07, 6.45) is 1.26. The molecule has 0 aliphatic heterocycles. The summed E-state index contributed by atoms with van der Waals surface area (Å²) in [5, 5.41) is 9.25. The number of anilines is 1. The number of carbonyl (C=O) groups is 1. The molecule has 0 saturated heterocycles. The minimum atomic E-state index is -3.63. The van der Waals surface area contributed by atoms with Gasteiger partial charge in [-0.05, 0) is 66.8 Å². The third kappa shape index (κ3) is 4.78. The van der Waals surface area contributed by atoms with Gasteiger partial charge in [0.15, 0.2) is 0 Å². The van der Waals surface area contributed by atoms with Crippen LogP contribution in [0.15, 0.2) is 77.7 Å². The zero-order chi connectivity index (χ0) is 20.1. The van der Waals surface area contributed by atoms with Gasteiger partial charge in [0.2, 0.25) is 0 Å². The summed E-state index contributed by atoms with van der Waals surface area (Å²) in [6.45, 7) is 1.84. The Bertz CT molecular complexity index is 1090. The smallest absolute Gasteiger partial charge is 0.335 e. The van der Waals surface area contributed by atoms with Gasteiger partial charge in [-0.15, -0.1) is 0 Å². The molecule has 0 aliphatic rings. The van der Waals surface area contributed by atoms with E-state index in [1.54, 1.807) is 42.5 Å². The molecule has 3 aromatic rings.